The van der Waals surface area contributed by atoms with Gasteiger partial charge in [-0.25, -0.2) is 8.78 Å². The Bertz CT molecular complexity index is 911. The molecule has 0 atom stereocenters. The van der Waals surface area contributed by atoms with Crippen LogP contribution in [0, 0.1) is 34.8 Å². The number of amides is 2. The second-order valence-electron chi connectivity index (χ2n) is 6.82. The van der Waals surface area contributed by atoms with E-state index in [9.17, 15) is 18.4 Å². The molecule has 1 aliphatic carbocycles. The molecule has 28 heavy (non-hydrogen) atoms. The highest BCUT2D eigenvalue weighted by Gasteiger charge is 2.30. The van der Waals surface area contributed by atoms with E-state index < -0.39 is 29.1 Å². The molecule has 0 radical (unpaired) electrons. The van der Waals surface area contributed by atoms with E-state index in [4.69, 9.17) is 5.26 Å². The Morgan fingerprint density at radius 3 is 2.00 bits per heavy atom. The fourth-order valence-electron chi connectivity index (χ4n) is 3.37. The third-order valence-electron chi connectivity index (χ3n) is 4.94. The fraction of sp³-hybridized carbons (Fsp3) is 0.286. The highest BCUT2D eigenvalue weighted by atomic mass is 19.1. The van der Waals surface area contributed by atoms with Crippen LogP contribution in [0.1, 0.15) is 31.2 Å². The number of anilines is 2. The van der Waals surface area contributed by atoms with Gasteiger partial charge in [-0.15, -0.1) is 0 Å². The van der Waals surface area contributed by atoms with Gasteiger partial charge in [0.1, 0.15) is 17.3 Å². The van der Waals surface area contributed by atoms with Crippen LogP contribution in [0.15, 0.2) is 42.5 Å². The normalized spacial score (nSPS) is 18.8. The van der Waals surface area contributed by atoms with Gasteiger partial charge in [0.15, 0.2) is 0 Å². The van der Waals surface area contributed by atoms with Gasteiger partial charge in [0.05, 0.1) is 11.6 Å². The molecule has 1 saturated carbocycles. The molecule has 0 heterocycles. The number of hydrogen-bond donors (Lipinski definition) is 2. The van der Waals surface area contributed by atoms with Gasteiger partial charge >= 0.3 is 0 Å². The predicted molar refractivity (Wildman–Crippen MR) is 100 cm³/mol. The molecule has 0 unspecified atom stereocenters. The first kappa shape index (κ1) is 19.5. The summed E-state index contributed by atoms with van der Waals surface area (Å²) >= 11 is 0. The van der Waals surface area contributed by atoms with Crippen LogP contribution in [-0.4, -0.2) is 11.8 Å². The van der Waals surface area contributed by atoms with Gasteiger partial charge in [-0.1, -0.05) is 12.1 Å². The van der Waals surface area contributed by atoms with Crippen molar-refractivity contribution < 1.29 is 18.4 Å². The Balaban J connectivity index is 1.54. The molecule has 0 saturated heterocycles. The van der Waals surface area contributed by atoms with Crippen molar-refractivity contribution in [2.75, 3.05) is 10.6 Å². The summed E-state index contributed by atoms with van der Waals surface area (Å²) in [6.45, 7) is 0. The Morgan fingerprint density at radius 1 is 0.893 bits per heavy atom. The van der Waals surface area contributed by atoms with E-state index in [1.807, 2.05) is 6.07 Å². The molecule has 0 aliphatic heterocycles. The number of rotatable bonds is 4. The zero-order valence-corrected chi connectivity index (χ0v) is 15.0. The van der Waals surface area contributed by atoms with Gasteiger partial charge in [-0.2, -0.15) is 5.26 Å². The first-order valence-corrected chi connectivity index (χ1v) is 9.04. The molecule has 2 amide bonds. The highest BCUT2D eigenvalue weighted by Crippen LogP contribution is 2.31. The molecular weight excluding hydrogens is 364 g/mol. The van der Waals surface area contributed by atoms with Crippen LogP contribution in [0.4, 0.5) is 20.2 Å². The molecule has 0 bridgehead atoms. The van der Waals surface area contributed by atoms with Gasteiger partial charge in [0, 0.05) is 17.5 Å². The number of benzene rings is 2. The third-order valence-corrected chi connectivity index (χ3v) is 4.94. The SMILES string of the molecule is N#Cc1cccc(NC(=O)C2CCC(C(=O)Nc3c(F)cccc3F)CC2)c1. The lowest BCUT2D eigenvalue weighted by Gasteiger charge is -2.27. The monoisotopic (exact) mass is 383 g/mol. The third kappa shape index (κ3) is 4.52. The van der Waals surface area contributed by atoms with Crippen molar-refractivity contribution in [3.8, 4) is 6.07 Å². The van der Waals surface area contributed by atoms with E-state index in [1.54, 1.807) is 24.3 Å². The average molecular weight is 383 g/mol. The van der Waals surface area contributed by atoms with E-state index in [0.717, 1.165) is 12.1 Å². The van der Waals surface area contributed by atoms with Crippen LogP contribution in [0.3, 0.4) is 0 Å². The van der Waals surface area contributed by atoms with E-state index >= 15 is 0 Å². The van der Waals surface area contributed by atoms with Crippen molar-refractivity contribution in [1.82, 2.24) is 0 Å². The fourth-order valence-corrected chi connectivity index (χ4v) is 3.37. The van der Waals surface area contributed by atoms with Crippen LogP contribution in [0.25, 0.3) is 0 Å². The molecular formula is C21H19F2N3O2. The molecule has 1 fully saturated rings. The largest absolute Gasteiger partial charge is 0.326 e. The molecule has 1 aliphatic rings. The highest BCUT2D eigenvalue weighted by molar-refractivity contribution is 5.94. The number of nitrogens with zero attached hydrogens (tertiary/aromatic N) is 1. The molecule has 2 aromatic rings. The molecule has 2 aromatic carbocycles. The van der Waals surface area contributed by atoms with Crippen LogP contribution in [0.2, 0.25) is 0 Å². The summed E-state index contributed by atoms with van der Waals surface area (Å²) in [6, 6.07) is 12.1. The van der Waals surface area contributed by atoms with Crippen molar-refractivity contribution in [2.24, 2.45) is 11.8 Å². The molecule has 5 nitrogen and oxygen atoms in total. The van der Waals surface area contributed by atoms with Gasteiger partial charge in [-0.05, 0) is 56.0 Å². The summed E-state index contributed by atoms with van der Waals surface area (Å²) in [7, 11) is 0. The van der Waals surface area contributed by atoms with E-state index in [-0.39, 0.29) is 11.8 Å². The zero-order valence-electron chi connectivity index (χ0n) is 15.0. The summed E-state index contributed by atoms with van der Waals surface area (Å²) in [5, 5.41) is 14.0. The van der Waals surface area contributed by atoms with Gasteiger partial charge in [-0.3, -0.25) is 9.59 Å². The predicted octanol–water partition coefficient (Wildman–Crippen LogP) is 4.22. The summed E-state index contributed by atoms with van der Waals surface area (Å²) in [4.78, 5) is 24.8. The maximum absolute atomic E-state index is 13.7. The first-order chi connectivity index (χ1) is 13.5. The van der Waals surface area contributed by atoms with Crippen molar-refractivity contribution >= 4 is 23.2 Å². The number of halogens is 2. The number of carbonyl (C=O) groups excluding carboxylic acids is 2. The number of hydrogen-bond acceptors (Lipinski definition) is 3. The summed E-state index contributed by atoms with van der Waals surface area (Å²) in [5.41, 5.74) is 0.572. The van der Waals surface area contributed by atoms with E-state index in [1.165, 1.54) is 6.07 Å². The average Bonchev–Trinajstić information content (AvgIpc) is 2.71. The second kappa shape index (κ2) is 8.61. The van der Waals surface area contributed by atoms with Gasteiger partial charge < -0.3 is 10.6 Å². The second-order valence-corrected chi connectivity index (χ2v) is 6.82. The standard InChI is InChI=1S/C21H19F2N3O2/c22-17-5-2-6-18(23)19(17)26-21(28)15-9-7-14(8-10-15)20(27)25-16-4-1-3-13(11-16)12-24/h1-6,11,14-15H,7-10H2,(H,25,27)(H,26,28). The molecule has 7 heteroatoms. The molecule has 0 aromatic heterocycles. The first-order valence-electron chi connectivity index (χ1n) is 9.04. The quantitative estimate of drug-likeness (QED) is 0.829. The molecule has 2 N–H and O–H groups in total. The summed E-state index contributed by atoms with van der Waals surface area (Å²) < 4.78 is 27.4. The molecule has 3 rings (SSSR count). The maximum atomic E-state index is 13.7. The van der Waals surface area contributed by atoms with Crippen molar-refractivity contribution in [2.45, 2.75) is 25.7 Å². The van der Waals surface area contributed by atoms with E-state index in [0.29, 0.717) is 36.9 Å². The van der Waals surface area contributed by atoms with Crippen LogP contribution < -0.4 is 10.6 Å². The number of carbonyl (C=O) groups is 2. The van der Waals surface area contributed by atoms with Gasteiger partial charge in [0.2, 0.25) is 11.8 Å². The van der Waals surface area contributed by atoms with Crippen LogP contribution >= 0.6 is 0 Å². The minimum absolute atomic E-state index is 0.158. The minimum Gasteiger partial charge on any atom is -0.326 e. The lowest BCUT2D eigenvalue weighted by Crippen LogP contribution is -2.32. The van der Waals surface area contributed by atoms with E-state index in [2.05, 4.69) is 10.6 Å². The Kier molecular flexibility index (Phi) is 5.99. The van der Waals surface area contributed by atoms with Crippen molar-refractivity contribution in [3.63, 3.8) is 0 Å². The smallest absolute Gasteiger partial charge is 0.227 e. The number of nitriles is 1. The maximum Gasteiger partial charge on any atom is 0.227 e. The Morgan fingerprint density at radius 2 is 1.43 bits per heavy atom. The van der Waals surface area contributed by atoms with Crippen molar-refractivity contribution in [1.29, 1.82) is 5.26 Å². The van der Waals surface area contributed by atoms with Crippen LogP contribution in [0.5, 0.6) is 0 Å². The topological polar surface area (TPSA) is 82.0 Å². The Hall–Kier alpha value is -3.27. The Labute approximate surface area is 161 Å². The molecule has 0 spiro atoms. The number of para-hydroxylation sites is 1. The van der Waals surface area contributed by atoms with Crippen LogP contribution in [-0.2, 0) is 9.59 Å². The lowest BCUT2D eigenvalue weighted by atomic mass is 9.81. The minimum atomic E-state index is -0.819. The summed E-state index contributed by atoms with van der Waals surface area (Å²) in [5.74, 6) is -2.88. The molecule has 144 valence electrons. The van der Waals surface area contributed by atoms with Crippen molar-refractivity contribution in [3.05, 3.63) is 59.7 Å². The summed E-state index contributed by atoms with van der Waals surface area (Å²) in [6.07, 6.45) is 1.92. The zero-order chi connectivity index (χ0) is 20.1. The van der Waals surface area contributed by atoms with Gasteiger partial charge in [0.25, 0.3) is 0 Å². The number of nitrogens with one attached hydrogen (secondary N) is 2. The lowest BCUT2D eigenvalue weighted by molar-refractivity contribution is -0.125.